The van der Waals surface area contributed by atoms with E-state index in [1.54, 1.807) is 11.8 Å². The first-order valence-corrected chi connectivity index (χ1v) is 8.59. The van der Waals surface area contributed by atoms with Crippen molar-refractivity contribution in [2.75, 3.05) is 0 Å². The van der Waals surface area contributed by atoms with Gasteiger partial charge in [-0.15, -0.1) is 11.8 Å². The molecule has 1 aromatic heterocycles. The molecule has 23 heavy (non-hydrogen) atoms. The number of thioether (sulfide) groups is 1. The molecule has 1 atom stereocenters. The van der Waals surface area contributed by atoms with Crippen molar-refractivity contribution in [3.05, 3.63) is 50.9 Å². The van der Waals surface area contributed by atoms with Gasteiger partial charge in [-0.3, -0.25) is 4.79 Å². The molecule has 0 amide bonds. The minimum absolute atomic E-state index is 0.165. The highest BCUT2D eigenvalue weighted by Gasteiger charge is 2.27. The van der Waals surface area contributed by atoms with Crippen LogP contribution in [0.3, 0.4) is 0 Å². The SMILES string of the molecule is CCC(C)c1ccc2c(c1)-c1oc(C(=O)O)c(C)c(=O)c1CS2. The van der Waals surface area contributed by atoms with Crippen molar-refractivity contribution >= 4 is 17.7 Å². The number of fused-ring (bicyclic) bond motifs is 3. The first-order chi connectivity index (χ1) is 10.9. The quantitative estimate of drug-likeness (QED) is 0.901. The van der Waals surface area contributed by atoms with Crippen LogP contribution in [-0.2, 0) is 5.75 Å². The van der Waals surface area contributed by atoms with Crippen molar-refractivity contribution in [2.45, 2.75) is 43.8 Å². The molecule has 0 spiro atoms. The fourth-order valence-electron chi connectivity index (χ4n) is 2.77. The Kier molecular flexibility index (Phi) is 4.06. The third-order valence-corrected chi connectivity index (χ3v) is 5.53. The summed E-state index contributed by atoms with van der Waals surface area (Å²) in [7, 11) is 0. The summed E-state index contributed by atoms with van der Waals surface area (Å²) in [4.78, 5) is 24.9. The molecule has 1 aromatic carbocycles. The van der Waals surface area contributed by atoms with Crippen molar-refractivity contribution in [1.82, 2.24) is 0 Å². The Morgan fingerprint density at radius 1 is 1.43 bits per heavy atom. The van der Waals surface area contributed by atoms with E-state index in [1.807, 2.05) is 12.1 Å². The van der Waals surface area contributed by atoms with Gasteiger partial charge in [-0.05, 0) is 37.0 Å². The summed E-state index contributed by atoms with van der Waals surface area (Å²) in [5, 5.41) is 9.28. The molecule has 1 unspecified atom stereocenters. The van der Waals surface area contributed by atoms with E-state index in [0.717, 1.165) is 16.9 Å². The van der Waals surface area contributed by atoms with Gasteiger partial charge in [0.2, 0.25) is 5.76 Å². The molecule has 2 heterocycles. The van der Waals surface area contributed by atoms with Gasteiger partial charge in [0.25, 0.3) is 0 Å². The van der Waals surface area contributed by atoms with Crippen LogP contribution in [0.2, 0.25) is 0 Å². The zero-order valence-corrected chi connectivity index (χ0v) is 14.1. The number of aromatic carboxylic acids is 1. The third-order valence-electron chi connectivity index (χ3n) is 4.43. The number of hydrogen-bond donors (Lipinski definition) is 1. The summed E-state index contributed by atoms with van der Waals surface area (Å²) < 4.78 is 5.65. The molecule has 0 bridgehead atoms. The highest BCUT2D eigenvalue weighted by Crippen LogP contribution is 2.42. The lowest BCUT2D eigenvalue weighted by Gasteiger charge is -2.20. The standard InChI is InChI=1S/C18H18O4S/c1-4-9(2)11-5-6-14-12(7-11)17-13(8-23-14)15(19)10(3)16(22-17)18(20)21/h5-7,9H,4,8H2,1-3H3,(H,20,21). The van der Waals surface area contributed by atoms with Crippen LogP contribution in [0.4, 0.5) is 0 Å². The summed E-state index contributed by atoms with van der Waals surface area (Å²) in [6.45, 7) is 5.77. The van der Waals surface area contributed by atoms with E-state index >= 15 is 0 Å². The molecule has 0 saturated heterocycles. The van der Waals surface area contributed by atoms with Gasteiger partial charge in [-0.2, -0.15) is 0 Å². The van der Waals surface area contributed by atoms with Gasteiger partial charge in [0, 0.05) is 21.8 Å². The Hall–Kier alpha value is -2.01. The molecule has 1 aliphatic heterocycles. The summed E-state index contributed by atoms with van der Waals surface area (Å²) in [6, 6.07) is 6.15. The lowest BCUT2D eigenvalue weighted by molar-refractivity contribution is 0.0659. The Morgan fingerprint density at radius 3 is 2.83 bits per heavy atom. The second-order valence-electron chi connectivity index (χ2n) is 5.85. The zero-order chi connectivity index (χ0) is 16.7. The van der Waals surface area contributed by atoms with E-state index in [9.17, 15) is 14.7 Å². The average Bonchev–Trinajstić information content (AvgIpc) is 2.56. The van der Waals surface area contributed by atoms with Gasteiger partial charge in [-0.1, -0.05) is 19.9 Å². The summed E-state index contributed by atoms with van der Waals surface area (Å²) >= 11 is 1.59. The fourth-order valence-corrected chi connectivity index (χ4v) is 3.80. The van der Waals surface area contributed by atoms with E-state index in [0.29, 0.717) is 23.0 Å². The van der Waals surface area contributed by atoms with Gasteiger partial charge in [0.1, 0.15) is 5.76 Å². The van der Waals surface area contributed by atoms with Crippen LogP contribution < -0.4 is 5.43 Å². The first-order valence-electron chi connectivity index (χ1n) is 7.61. The Morgan fingerprint density at radius 2 is 2.17 bits per heavy atom. The monoisotopic (exact) mass is 330 g/mol. The van der Waals surface area contributed by atoms with Crippen LogP contribution in [0.5, 0.6) is 0 Å². The Labute approximate surface area is 138 Å². The number of carboxylic acids is 1. The predicted molar refractivity (Wildman–Crippen MR) is 90.4 cm³/mol. The van der Waals surface area contributed by atoms with Crippen LogP contribution in [-0.4, -0.2) is 11.1 Å². The summed E-state index contributed by atoms with van der Waals surface area (Å²) in [5.41, 5.74) is 2.49. The van der Waals surface area contributed by atoms with Crippen molar-refractivity contribution in [1.29, 1.82) is 0 Å². The lowest BCUT2D eigenvalue weighted by Crippen LogP contribution is -2.19. The molecule has 2 aromatic rings. The topological polar surface area (TPSA) is 67.5 Å². The number of carboxylic acid groups (broad SMARTS) is 1. The maximum atomic E-state index is 12.5. The van der Waals surface area contributed by atoms with Gasteiger partial charge in [-0.25, -0.2) is 4.79 Å². The predicted octanol–water partition coefficient (Wildman–Crippen LogP) is 4.43. The normalized spacial score (nSPS) is 14.0. The minimum atomic E-state index is -1.21. The number of benzene rings is 1. The lowest BCUT2D eigenvalue weighted by atomic mass is 9.95. The second kappa shape index (κ2) is 5.89. The number of carbonyl (C=O) groups is 1. The molecule has 1 aliphatic rings. The molecule has 0 saturated carbocycles. The maximum absolute atomic E-state index is 12.5. The molecular formula is C18H18O4S. The molecule has 120 valence electrons. The molecule has 3 rings (SSSR count). The number of hydrogen-bond acceptors (Lipinski definition) is 4. The molecule has 0 aliphatic carbocycles. The zero-order valence-electron chi connectivity index (χ0n) is 13.3. The van der Waals surface area contributed by atoms with Gasteiger partial charge >= 0.3 is 5.97 Å². The van der Waals surface area contributed by atoms with Crippen molar-refractivity contribution < 1.29 is 14.3 Å². The largest absolute Gasteiger partial charge is 0.475 e. The molecule has 4 nitrogen and oxygen atoms in total. The highest BCUT2D eigenvalue weighted by molar-refractivity contribution is 7.98. The van der Waals surface area contributed by atoms with Crippen LogP contribution >= 0.6 is 11.8 Å². The highest BCUT2D eigenvalue weighted by atomic mass is 32.2. The molecular weight excluding hydrogens is 312 g/mol. The van der Waals surface area contributed by atoms with E-state index in [1.165, 1.54) is 12.5 Å². The second-order valence-corrected chi connectivity index (χ2v) is 6.87. The minimum Gasteiger partial charge on any atom is -0.475 e. The van der Waals surface area contributed by atoms with Crippen LogP contribution in [0.25, 0.3) is 11.3 Å². The summed E-state index contributed by atoms with van der Waals surface area (Å²) in [5.74, 6) is -0.154. The van der Waals surface area contributed by atoms with E-state index in [-0.39, 0.29) is 16.8 Å². The van der Waals surface area contributed by atoms with E-state index in [4.69, 9.17) is 4.42 Å². The molecule has 0 fully saturated rings. The Balaban J connectivity index is 2.27. The Bertz CT molecular complexity index is 851. The van der Waals surface area contributed by atoms with Gasteiger partial charge < -0.3 is 9.52 Å². The van der Waals surface area contributed by atoms with Crippen LogP contribution in [0.15, 0.2) is 32.3 Å². The van der Waals surface area contributed by atoms with Crippen LogP contribution in [0.1, 0.15) is 53.4 Å². The maximum Gasteiger partial charge on any atom is 0.372 e. The first kappa shape index (κ1) is 15.9. The molecule has 5 heteroatoms. The van der Waals surface area contributed by atoms with Gasteiger partial charge in [0.15, 0.2) is 5.43 Å². The van der Waals surface area contributed by atoms with Crippen LogP contribution in [0, 0.1) is 6.92 Å². The van der Waals surface area contributed by atoms with Crippen molar-refractivity contribution in [3.8, 4) is 11.3 Å². The van der Waals surface area contributed by atoms with Crippen molar-refractivity contribution in [2.24, 2.45) is 0 Å². The van der Waals surface area contributed by atoms with Crippen molar-refractivity contribution in [3.63, 3.8) is 0 Å². The van der Waals surface area contributed by atoms with E-state index < -0.39 is 5.97 Å². The van der Waals surface area contributed by atoms with Gasteiger partial charge in [0.05, 0.1) is 5.56 Å². The smallest absolute Gasteiger partial charge is 0.372 e. The number of rotatable bonds is 3. The molecule has 0 radical (unpaired) electrons. The van der Waals surface area contributed by atoms with E-state index in [2.05, 4.69) is 19.9 Å². The average molecular weight is 330 g/mol. The third kappa shape index (κ3) is 2.59. The molecule has 1 N–H and O–H groups in total. The fraction of sp³-hybridized carbons (Fsp3) is 0.333. The summed E-state index contributed by atoms with van der Waals surface area (Å²) in [6.07, 6.45) is 1.01.